The molecule has 0 aromatic carbocycles. The highest BCUT2D eigenvalue weighted by atomic mass is 16.3. The Balaban J connectivity index is 2.54. The molecule has 4 N–H and O–H groups in total. The van der Waals surface area contributed by atoms with Gasteiger partial charge in [0, 0.05) is 17.8 Å². The highest BCUT2D eigenvalue weighted by Gasteiger charge is 2.14. The van der Waals surface area contributed by atoms with E-state index in [2.05, 4.69) is 9.97 Å². The van der Waals surface area contributed by atoms with Crippen LogP contribution in [0.3, 0.4) is 0 Å². The summed E-state index contributed by atoms with van der Waals surface area (Å²) in [5, 5.41) is 19.5. The third kappa shape index (κ3) is 2.52. The lowest BCUT2D eigenvalue weighted by Crippen LogP contribution is -2.19. The van der Waals surface area contributed by atoms with E-state index in [-0.39, 0.29) is 29.0 Å². The van der Waals surface area contributed by atoms with Gasteiger partial charge in [-0.05, 0) is 26.0 Å². The van der Waals surface area contributed by atoms with E-state index in [0.717, 1.165) is 0 Å². The number of pyridine rings is 2. The molecule has 6 heteroatoms. The van der Waals surface area contributed by atoms with Crippen LogP contribution in [0.4, 0.5) is 0 Å². The number of rotatable bonds is 2. The second-order valence-electron chi connectivity index (χ2n) is 4.47. The van der Waals surface area contributed by atoms with Crippen LogP contribution >= 0.6 is 0 Å². The van der Waals surface area contributed by atoms with Crippen molar-refractivity contribution in [1.82, 2.24) is 9.97 Å². The van der Waals surface area contributed by atoms with Gasteiger partial charge in [0.2, 0.25) is 0 Å². The van der Waals surface area contributed by atoms with Gasteiger partial charge in [-0.2, -0.15) is 0 Å². The molecule has 19 heavy (non-hydrogen) atoms. The second kappa shape index (κ2) is 4.64. The summed E-state index contributed by atoms with van der Waals surface area (Å²) in [6.45, 7) is 3.28. The van der Waals surface area contributed by atoms with Crippen molar-refractivity contribution < 1.29 is 10.2 Å². The minimum atomic E-state index is -0.475. The van der Waals surface area contributed by atoms with Gasteiger partial charge in [0.05, 0.1) is 11.1 Å². The predicted octanol–water partition coefficient (Wildman–Crippen LogP) is 0.682. The van der Waals surface area contributed by atoms with Gasteiger partial charge >= 0.3 is 0 Å². The molecule has 0 aliphatic carbocycles. The van der Waals surface area contributed by atoms with Crippen molar-refractivity contribution in [2.45, 2.75) is 20.3 Å². The van der Waals surface area contributed by atoms with Crippen molar-refractivity contribution >= 4 is 0 Å². The van der Waals surface area contributed by atoms with E-state index in [0.29, 0.717) is 11.4 Å². The van der Waals surface area contributed by atoms with Crippen LogP contribution in [0.5, 0.6) is 11.5 Å². The summed E-state index contributed by atoms with van der Waals surface area (Å²) < 4.78 is 0. The highest BCUT2D eigenvalue weighted by Crippen LogP contribution is 2.20. The molecule has 0 amide bonds. The molecule has 2 aromatic heterocycles. The minimum absolute atomic E-state index is 0.0512. The van der Waals surface area contributed by atoms with E-state index < -0.39 is 11.1 Å². The van der Waals surface area contributed by atoms with Gasteiger partial charge in [-0.15, -0.1) is 0 Å². The van der Waals surface area contributed by atoms with E-state index in [1.807, 2.05) is 0 Å². The van der Waals surface area contributed by atoms with E-state index in [1.165, 1.54) is 12.1 Å². The molecule has 0 radical (unpaired) electrons. The van der Waals surface area contributed by atoms with Crippen molar-refractivity contribution in [2.24, 2.45) is 0 Å². The number of H-pyrrole nitrogens is 2. The average Bonchev–Trinajstić information content (AvgIpc) is 2.25. The zero-order valence-corrected chi connectivity index (χ0v) is 10.6. The maximum Gasteiger partial charge on any atom is 0.255 e. The molecule has 0 saturated carbocycles. The molecule has 0 atom stereocenters. The summed E-state index contributed by atoms with van der Waals surface area (Å²) in [5.74, 6) is -0.388. The topological polar surface area (TPSA) is 106 Å². The Morgan fingerprint density at radius 1 is 0.895 bits per heavy atom. The van der Waals surface area contributed by atoms with Crippen molar-refractivity contribution in [1.29, 1.82) is 0 Å². The Morgan fingerprint density at radius 3 is 1.58 bits per heavy atom. The largest absolute Gasteiger partial charge is 0.507 e. The quantitative estimate of drug-likeness (QED) is 0.638. The summed E-state index contributed by atoms with van der Waals surface area (Å²) >= 11 is 0. The SMILES string of the molecule is Cc1cc(O)c(Cc2c(O)cc(C)[nH]c2=O)c(=O)[nH]1. The normalized spacial score (nSPS) is 10.6. The van der Waals surface area contributed by atoms with Crippen molar-refractivity contribution in [3.05, 3.63) is 55.4 Å². The average molecular weight is 262 g/mol. The molecule has 2 rings (SSSR count). The second-order valence-corrected chi connectivity index (χ2v) is 4.47. The smallest absolute Gasteiger partial charge is 0.255 e. The molecule has 0 saturated heterocycles. The summed E-state index contributed by atoms with van der Waals surface area (Å²) in [5.41, 5.74) is 0.195. The molecule has 0 aliphatic heterocycles. The van der Waals surface area contributed by atoms with Gasteiger partial charge in [-0.1, -0.05) is 0 Å². The maximum atomic E-state index is 11.7. The van der Waals surface area contributed by atoms with Gasteiger partial charge in [0.1, 0.15) is 11.5 Å². The van der Waals surface area contributed by atoms with E-state index >= 15 is 0 Å². The monoisotopic (exact) mass is 262 g/mol. The van der Waals surface area contributed by atoms with Crippen LogP contribution in [0.1, 0.15) is 22.5 Å². The molecule has 6 nitrogen and oxygen atoms in total. The van der Waals surface area contributed by atoms with Crippen molar-refractivity contribution in [3.63, 3.8) is 0 Å². The maximum absolute atomic E-state index is 11.7. The fourth-order valence-corrected chi connectivity index (χ4v) is 1.92. The van der Waals surface area contributed by atoms with Gasteiger partial charge in [0.25, 0.3) is 11.1 Å². The molecule has 2 heterocycles. The van der Waals surface area contributed by atoms with Gasteiger partial charge in [0.15, 0.2) is 0 Å². The van der Waals surface area contributed by atoms with Crippen LogP contribution in [0.2, 0.25) is 0 Å². The number of hydrogen-bond acceptors (Lipinski definition) is 4. The Labute approximate surface area is 108 Å². The molecule has 0 fully saturated rings. The first-order chi connectivity index (χ1) is 8.88. The number of hydrogen-bond donors (Lipinski definition) is 4. The summed E-state index contributed by atoms with van der Waals surface area (Å²) in [6, 6.07) is 2.80. The zero-order chi connectivity index (χ0) is 14.2. The molecule has 2 aromatic rings. The van der Waals surface area contributed by atoms with Crippen LogP contribution in [0.25, 0.3) is 0 Å². The van der Waals surface area contributed by atoms with E-state index in [9.17, 15) is 19.8 Å². The van der Waals surface area contributed by atoms with Gasteiger partial charge in [-0.3, -0.25) is 9.59 Å². The van der Waals surface area contributed by atoms with E-state index in [1.54, 1.807) is 13.8 Å². The number of aryl methyl sites for hydroxylation is 2. The van der Waals surface area contributed by atoms with Gasteiger partial charge < -0.3 is 20.2 Å². The molecule has 0 spiro atoms. The first-order valence-corrected chi connectivity index (χ1v) is 5.72. The van der Waals surface area contributed by atoms with E-state index in [4.69, 9.17) is 0 Å². The summed E-state index contributed by atoms with van der Waals surface area (Å²) in [6.07, 6.45) is -0.136. The zero-order valence-electron chi connectivity index (χ0n) is 10.6. The Hall–Kier alpha value is -2.50. The summed E-state index contributed by atoms with van der Waals surface area (Å²) in [7, 11) is 0. The van der Waals surface area contributed by atoms with Crippen LogP contribution in [0.15, 0.2) is 21.7 Å². The van der Waals surface area contributed by atoms with Crippen molar-refractivity contribution in [2.75, 3.05) is 0 Å². The summed E-state index contributed by atoms with van der Waals surface area (Å²) in [4.78, 5) is 28.6. The molecule has 100 valence electrons. The molecule has 0 aliphatic rings. The van der Waals surface area contributed by atoms with Gasteiger partial charge in [-0.25, -0.2) is 0 Å². The molecule has 0 unspecified atom stereocenters. The Morgan fingerprint density at radius 2 is 1.26 bits per heavy atom. The third-order valence-corrected chi connectivity index (χ3v) is 2.85. The molecular weight excluding hydrogens is 248 g/mol. The van der Waals surface area contributed by atoms with Crippen molar-refractivity contribution in [3.8, 4) is 11.5 Å². The standard InChI is InChI=1S/C13H14N2O4/c1-6-3-10(16)8(12(18)14-6)5-9-11(17)4-7(2)15-13(9)19/h3-4H,5H2,1-2H3,(H2,14,16,18)(H2,15,17,19). The first kappa shape index (κ1) is 12.9. The lowest BCUT2D eigenvalue weighted by atomic mass is 10.1. The van der Waals surface area contributed by atoms with Crippen LogP contribution in [-0.4, -0.2) is 20.2 Å². The number of aromatic hydroxyl groups is 2. The number of aromatic amines is 2. The first-order valence-electron chi connectivity index (χ1n) is 5.72. The van der Waals surface area contributed by atoms with Crippen LogP contribution < -0.4 is 11.1 Å². The fraction of sp³-hybridized carbons (Fsp3) is 0.231. The molecular formula is C13H14N2O4. The van der Waals surface area contributed by atoms with Crippen LogP contribution in [0, 0.1) is 13.8 Å². The minimum Gasteiger partial charge on any atom is -0.507 e. The Bertz CT molecular complexity index is 680. The lowest BCUT2D eigenvalue weighted by molar-refractivity contribution is 0.459. The number of nitrogens with one attached hydrogen (secondary N) is 2. The lowest BCUT2D eigenvalue weighted by Gasteiger charge is -2.07. The van der Waals surface area contributed by atoms with Crippen LogP contribution in [-0.2, 0) is 6.42 Å². The fourth-order valence-electron chi connectivity index (χ4n) is 1.92. The Kier molecular flexibility index (Phi) is 3.16. The highest BCUT2D eigenvalue weighted by molar-refractivity contribution is 5.40. The third-order valence-electron chi connectivity index (χ3n) is 2.85. The number of aromatic nitrogens is 2. The predicted molar refractivity (Wildman–Crippen MR) is 69.7 cm³/mol. The molecule has 0 bridgehead atoms.